The van der Waals surface area contributed by atoms with Gasteiger partial charge >= 0.3 is 0 Å². The summed E-state index contributed by atoms with van der Waals surface area (Å²) in [5.74, 6) is 0.125. The average Bonchev–Trinajstić information content (AvgIpc) is 2.91. The van der Waals surface area contributed by atoms with E-state index in [-0.39, 0.29) is 17.8 Å². The lowest BCUT2D eigenvalue weighted by atomic mass is 9.94. The number of anilines is 2. The highest BCUT2D eigenvalue weighted by Gasteiger charge is 2.25. The average molecular weight is 494 g/mol. The van der Waals surface area contributed by atoms with Crippen LogP contribution in [0.25, 0.3) is 22.4 Å². The maximum Gasteiger partial charge on any atom is 0.274 e. The molecule has 2 aliphatic heterocycles. The number of aliphatic imine (C=N–C) groups is 1. The van der Waals surface area contributed by atoms with E-state index < -0.39 is 0 Å². The van der Waals surface area contributed by atoms with Gasteiger partial charge in [-0.1, -0.05) is 24.3 Å². The molecular weight excluding hydrogens is 469 g/mol. The van der Waals surface area contributed by atoms with Gasteiger partial charge in [0.05, 0.1) is 30.0 Å². The number of carbonyl (C=O) groups is 1. The number of rotatable bonds is 5. The van der Waals surface area contributed by atoms with E-state index in [1.807, 2.05) is 18.2 Å². The zero-order valence-electron chi connectivity index (χ0n) is 19.9. The van der Waals surface area contributed by atoms with Crippen molar-refractivity contribution in [3.8, 4) is 22.4 Å². The maximum atomic E-state index is 13.7. The predicted molar refractivity (Wildman–Crippen MR) is 141 cm³/mol. The van der Waals surface area contributed by atoms with Crippen LogP contribution in [0.2, 0.25) is 0 Å². The van der Waals surface area contributed by atoms with Crippen molar-refractivity contribution < 1.29 is 9.18 Å². The van der Waals surface area contributed by atoms with E-state index in [2.05, 4.69) is 25.2 Å². The van der Waals surface area contributed by atoms with Gasteiger partial charge in [-0.2, -0.15) is 0 Å². The van der Waals surface area contributed by atoms with Gasteiger partial charge in [0, 0.05) is 48.6 Å². The third-order valence-electron chi connectivity index (χ3n) is 6.54. The minimum absolute atomic E-state index is 0.163. The van der Waals surface area contributed by atoms with Crippen LogP contribution in [0, 0.1) is 5.82 Å². The number of amides is 1. The van der Waals surface area contributed by atoms with E-state index in [1.165, 1.54) is 12.1 Å². The van der Waals surface area contributed by atoms with Crippen LogP contribution in [-0.4, -0.2) is 52.2 Å². The van der Waals surface area contributed by atoms with Crippen LogP contribution in [0.3, 0.4) is 0 Å². The summed E-state index contributed by atoms with van der Waals surface area (Å²) >= 11 is 0. The van der Waals surface area contributed by atoms with Crippen LogP contribution in [0.15, 0.2) is 78.3 Å². The van der Waals surface area contributed by atoms with Gasteiger partial charge in [0.15, 0.2) is 0 Å². The summed E-state index contributed by atoms with van der Waals surface area (Å²) in [5, 5.41) is 2.91. The number of hydrogen-bond donors (Lipinski definition) is 2. The van der Waals surface area contributed by atoms with Crippen LogP contribution in [0.5, 0.6) is 0 Å². The Morgan fingerprint density at radius 2 is 1.84 bits per heavy atom. The number of nitrogens with zero attached hydrogens (tertiary/aromatic N) is 5. The fraction of sp³-hybridized carbons (Fsp3) is 0.179. The quantitative estimate of drug-likeness (QED) is 0.441. The predicted octanol–water partition coefficient (Wildman–Crippen LogP) is 3.48. The van der Waals surface area contributed by atoms with E-state index >= 15 is 0 Å². The summed E-state index contributed by atoms with van der Waals surface area (Å²) in [6.07, 6.45) is 7.39. The Bertz CT molecular complexity index is 1530. The topological polar surface area (TPSA) is 109 Å². The number of hydrogen-bond acceptors (Lipinski definition) is 7. The van der Waals surface area contributed by atoms with Crippen molar-refractivity contribution in [1.82, 2.24) is 15.0 Å². The van der Waals surface area contributed by atoms with Gasteiger partial charge in [-0.3, -0.25) is 19.8 Å². The van der Waals surface area contributed by atoms with E-state index in [1.54, 1.807) is 43.0 Å². The number of nitrogens with two attached hydrogens (primary N) is 1. The number of fused-ring (bicyclic) bond motifs is 1. The lowest BCUT2D eigenvalue weighted by Crippen LogP contribution is -2.56. The zero-order chi connectivity index (χ0) is 25.4. The maximum absolute atomic E-state index is 13.7. The molecule has 4 heterocycles. The highest BCUT2D eigenvalue weighted by molar-refractivity contribution is 6.49. The fourth-order valence-corrected chi connectivity index (χ4v) is 4.61. The van der Waals surface area contributed by atoms with Crippen molar-refractivity contribution in [2.45, 2.75) is 12.5 Å². The lowest BCUT2D eigenvalue weighted by molar-refractivity contribution is -0.110. The highest BCUT2D eigenvalue weighted by atomic mass is 19.1. The Hall–Kier alpha value is -4.50. The highest BCUT2D eigenvalue weighted by Crippen LogP contribution is 2.27. The SMILES string of the molecule is NC1CN(c2cncc(-c3ccc4c(c3)C(C(=O)Nc3cncc(-c5cccc(F)c5)c3)=NCC4)n2)C1. The van der Waals surface area contributed by atoms with E-state index in [0.717, 1.165) is 47.7 Å². The van der Waals surface area contributed by atoms with Crippen LogP contribution < -0.4 is 16.0 Å². The molecule has 2 aromatic carbocycles. The van der Waals surface area contributed by atoms with Crippen LogP contribution in [0.4, 0.5) is 15.9 Å². The third-order valence-corrected chi connectivity index (χ3v) is 6.54. The molecule has 0 radical (unpaired) electrons. The molecule has 3 N–H and O–H groups in total. The standard InChI is InChI=1S/C28H24FN7O/c29-21-3-1-2-18(8-21)20-9-23(12-31-11-20)34-28(37)27-24-10-19(5-4-17(24)6-7-33-27)25-13-32-14-26(35-25)36-15-22(30)16-36/h1-5,8-14,22H,6-7,15-16,30H2,(H,34,37). The third kappa shape index (κ3) is 4.68. The molecule has 4 aromatic rings. The van der Waals surface area contributed by atoms with Gasteiger partial charge in [-0.05, 0) is 41.8 Å². The molecule has 2 aromatic heterocycles. The molecular formula is C28H24FN7O. The van der Waals surface area contributed by atoms with Crippen molar-refractivity contribution in [2.75, 3.05) is 29.9 Å². The number of nitrogens with one attached hydrogen (secondary N) is 1. The van der Waals surface area contributed by atoms with Crippen LogP contribution >= 0.6 is 0 Å². The molecule has 0 bridgehead atoms. The molecule has 9 heteroatoms. The van der Waals surface area contributed by atoms with Gasteiger partial charge in [0.1, 0.15) is 17.3 Å². The molecule has 1 saturated heterocycles. The number of halogens is 1. The molecule has 0 aliphatic carbocycles. The Balaban J connectivity index is 1.26. The smallest absolute Gasteiger partial charge is 0.274 e. The number of carbonyl (C=O) groups excluding carboxylic acids is 1. The largest absolute Gasteiger partial charge is 0.352 e. The van der Waals surface area contributed by atoms with E-state index in [9.17, 15) is 9.18 Å². The van der Waals surface area contributed by atoms with Crippen molar-refractivity contribution in [1.29, 1.82) is 0 Å². The van der Waals surface area contributed by atoms with Gasteiger partial charge < -0.3 is 16.0 Å². The summed E-state index contributed by atoms with van der Waals surface area (Å²) in [7, 11) is 0. The van der Waals surface area contributed by atoms with Crippen molar-refractivity contribution in [3.63, 3.8) is 0 Å². The second-order valence-corrected chi connectivity index (χ2v) is 9.21. The van der Waals surface area contributed by atoms with E-state index in [0.29, 0.717) is 29.1 Å². The summed E-state index contributed by atoms with van der Waals surface area (Å²) in [6, 6.07) is 14.2. The number of pyridine rings is 1. The molecule has 184 valence electrons. The lowest BCUT2D eigenvalue weighted by Gasteiger charge is -2.37. The molecule has 8 nitrogen and oxygen atoms in total. The first-order valence-electron chi connectivity index (χ1n) is 12.1. The Morgan fingerprint density at radius 1 is 0.973 bits per heavy atom. The normalized spacial score (nSPS) is 15.0. The van der Waals surface area contributed by atoms with Gasteiger partial charge in [0.2, 0.25) is 0 Å². The van der Waals surface area contributed by atoms with Crippen molar-refractivity contribution in [2.24, 2.45) is 10.7 Å². The minimum atomic E-state index is -0.334. The first-order valence-corrected chi connectivity index (χ1v) is 12.1. The minimum Gasteiger partial charge on any atom is -0.352 e. The second-order valence-electron chi connectivity index (χ2n) is 9.21. The van der Waals surface area contributed by atoms with Gasteiger partial charge in [-0.15, -0.1) is 0 Å². The van der Waals surface area contributed by atoms with Crippen molar-refractivity contribution >= 4 is 23.1 Å². The zero-order valence-corrected chi connectivity index (χ0v) is 19.9. The summed E-state index contributed by atoms with van der Waals surface area (Å²) < 4.78 is 13.7. The van der Waals surface area contributed by atoms with Gasteiger partial charge in [0.25, 0.3) is 5.91 Å². The first kappa shape index (κ1) is 22.9. The second kappa shape index (κ2) is 9.51. The van der Waals surface area contributed by atoms with Crippen LogP contribution in [-0.2, 0) is 11.2 Å². The molecule has 2 aliphatic rings. The Labute approximate surface area is 213 Å². The molecule has 1 amide bonds. The molecule has 0 atom stereocenters. The molecule has 37 heavy (non-hydrogen) atoms. The fourth-order valence-electron chi connectivity index (χ4n) is 4.61. The molecule has 0 saturated carbocycles. The van der Waals surface area contributed by atoms with Crippen molar-refractivity contribution in [3.05, 3.63) is 90.3 Å². The summed E-state index contributed by atoms with van der Waals surface area (Å²) in [5.41, 5.74) is 11.6. The Kier molecular flexibility index (Phi) is 5.90. The first-order chi connectivity index (χ1) is 18.0. The molecule has 1 fully saturated rings. The van der Waals surface area contributed by atoms with Gasteiger partial charge in [-0.25, -0.2) is 9.37 Å². The summed E-state index contributed by atoms with van der Waals surface area (Å²) in [6.45, 7) is 2.05. The monoisotopic (exact) mass is 493 g/mol. The molecule has 0 spiro atoms. The Morgan fingerprint density at radius 3 is 2.68 bits per heavy atom. The summed E-state index contributed by atoms with van der Waals surface area (Å²) in [4.78, 5) is 33.3. The van der Waals surface area contributed by atoms with E-state index in [4.69, 9.17) is 10.7 Å². The molecule has 6 rings (SSSR count). The number of aromatic nitrogens is 3. The van der Waals surface area contributed by atoms with Crippen LogP contribution in [0.1, 0.15) is 11.1 Å². The number of benzene rings is 2. The molecule has 0 unspecified atom stereocenters.